The molecule has 6 nitrogen and oxygen atoms in total. The van der Waals surface area contributed by atoms with Crippen LogP contribution in [0.3, 0.4) is 0 Å². The summed E-state index contributed by atoms with van der Waals surface area (Å²) in [6.45, 7) is 0.642. The molecule has 0 aliphatic carbocycles. The molecule has 2 rings (SSSR count). The summed E-state index contributed by atoms with van der Waals surface area (Å²) in [7, 11) is -0.454. The maximum atomic E-state index is 12.1. The van der Waals surface area contributed by atoms with E-state index in [1.54, 1.807) is 29.7 Å². The molecule has 0 unspecified atom stereocenters. The lowest BCUT2D eigenvalue weighted by molar-refractivity contribution is 0.521. The predicted octanol–water partition coefficient (Wildman–Crippen LogP) is 1.63. The summed E-state index contributed by atoms with van der Waals surface area (Å²) in [4.78, 5) is 4.42. The van der Waals surface area contributed by atoms with Crippen LogP contribution in [0.2, 0.25) is 0 Å². The van der Waals surface area contributed by atoms with Crippen molar-refractivity contribution in [1.29, 1.82) is 0 Å². The number of nitrogens with zero attached hydrogens (tertiary/aromatic N) is 2. The minimum absolute atomic E-state index is 0.221. The first-order valence-corrected chi connectivity index (χ1v) is 8.67. The van der Waals surface area contributed by atoms with Crippen molar-refractivity contribution in [3.8, 4) is 0 Å². The molecule has 0 amide bonds. The van der Waals surface area contributed by atoms with Crippen molar-refractivity contribution in [2.24, 2.45) is 0 Å². The zero-order chi connectivity index (χ0) is 15.5. The number of benzene rings is 1. The normalized spacial score (nSPS) is 11.8. The molecule has 21 heavy (non-hydrogen) atoms. The van der Waals surface area contributed by atoms with Crippen molar-refractivity contribution in [3.05, 3.63) is 34.8 Å². The van der Waals surface area contributed by atoms with Gasteiger partial charge in [-0.2, -0.15) is 0 Å². The highest BCUT2D eigenvalue weighted by Gasteiger charge is 2.18. The number of hydrogen-bond acceptors (Lipinski definition) is 6. The van der Waals surface area contributed by atoms with Gasteiger partial charge in [0.05, 0.1) is 21.3 Å². The van der Waals surface area contributed by atoms with Gasteiger partial charge in [-0.1, -0.05) is 0 Å². The van der Waals surface area contributed by atoms with Crippen LogP contribution >= 0.6 is 11.3 Å². The summed E-state index contributed by atoms with van der Waals surface area (Å²) in [6, 6.07) is 4.67. The first-order valence-electron chi connectivity index (χ1n) is 6.35. The molecular formula is C13H18N4O2S2. The number of thiazole rings is 1. The molecule has 8 heteroatoms. The summed E-state index contributed by atoms with van der Waals surface area (Å²) in [5, 5.41) is 6.11. The average molecular weight is 326 g/mol. The van der Waals surface area contributed by atoms with Crippen molar-refractivity contribution in [1.82, 2.24) is 9.29 Å². The molecule has 0 aliphatic heterocycles. The minimum atomic E-state index is -3.46. The van der Waals surface area contributed by atoms with Crippen molar-refractivity contribution in [3.63, 3.8) is 0 Å². The number of nitrogens with one attached hydrogen (secondary N) is 1. The summed E-state index contributed by atoms with van der Waals surface area (Å²) in [5.74, 6) is 0. The third kappa shape index (κ3) is 3.72. The van der Waals surface area contributed by atoms with Crippen LogP contribution in [0.1, 0.15) is 5.01 Å². The zero-order valence-corrected chi connectivity index (χ0v) is 13.5. The Hall–Kier alpha value is -1.64. The predicted molar refractivity (Wildman–Crippen MR) is 86.0 cm³/mol. The highest BCUT2D eigenvalue weighted by molar-refractivity contribution is 7.89. The molecule has 0 radical (unpaired) electrons. The van der Waals surface area contributed by atoms with Crippen LogP contribution in [0.25, 0.3) is 0 Å². The van der Waals surface area contributed by atoms with Crippen molar-refractivity contribution in [2.45, 2.75) is 11.3 Å². The number of nitrogen functional groups attached to an aromatic ring is 1. The molecule has 0 spiro atoms. The maximum Gasteiger partial charge on any atom is 0.242 e. The van der Waals surface area contributed by atoms with Gasteiger partial charge in [-0.15, -0.1) is 11.3 Å². The number of aromatic nitrogens is 1. The fourth-order valence-corrected chi connectivity index (χ4v) is 3.29. The van der Waals surface area contributed by atoms with Crippen LogP contribution in [-0.2, 0) is 16.4 Å². The quantitative estimate of drug-likeness (QED) is 0.788. The Balaban J connectivity index is 2.12. The third-order valence-electron chi connectivity index (χ3n) is 2.94. The Morgan fingerprint density at radius 3 is 2.76 bits per heavy atom. The lowest BCUT2D eigenvalue weighted by atomic mass is 10.2. The van der Waals surface area contributed by atoms with Crippen LogP contribution < -0.4 is 11.1 Å². The number of anilines is 2. The smallest absolute Gasteiger partial charge is 0.242 e. The van der Waals surface area contributed by atoms with Gasteiger partial charge in [-0.05, 0) is 18.2 Å². The Morgan fingerprint density at radius 2 is 2.14 bits per heavy atom. The van der Waals surface area contributed by atoms with E-state index in [1.807, 2.05) is 5.38 Å². The molecule has 0 bridgehead atoms. The van der Waals surface area contributed by atoms with Crippen LogP contribution in [0, 0.1) is 0 Å². The van der Waals surface area contributed by atoms with Crippen LogP contribution in [-0.4, -0.2) is 38.3 Å². The van der Waals surface area contributed by atoms with Crippen LogP contribution in [0.15, 0.2) is 34.7 Å². The van der Waals surface area contributed by atoms with Gasteiger partial charge >= 0.3 is 0 Å². The number of hydrogen-bond donors (Lipinski definition) is 2. The summed E-state index contributed by atoms with van der Waals surface area (Å²) >= 11 is 1.59. The first-order chi connectivity index (χ1) is 9.91. The second-order valence-electron chi connectivity index (χ2n) is 4.64. The molecule has 3 N–H and O–H groups in total. The highest BCUT2D eigenvalue weighted by Crippen LogP contribution is 2.24. The van der Waals surface area contributed by atoms with E-state index in [4.69, 9.17) is 5.73 Å². The van der Waals surface area contributed by atoms with Gasteiger partial charge < -0.3 is 11.1 Å². The molecule has 0 aliphatic rings. The third-order valence-corrected chi connectivity index (χ3v) is 5.59. The topological polar surface area (TPSA) is 88.3 Å². The second-order valence-corrected chi connectivity index (χ2v) is 7.77. The van der Waals surface area contributed by atoms with E-state index < -0.39 is 10.0 Å². The number of rotatable bonds is 6. The lowest BCUT2D eigenvalue weighted by Gasteiger charge is -2.14. The zero-order valence-electron chi connectivity index (χ0n) is 11.9. The monoisotopic (exact) mass is 326 g/mol. The molecule has 1 aromatic heterocycles. The van der Waals surface area contributed by atoms with Crippen LogP contribution in [0.4, 0.5) is 11.4 Å². The molecule has 0 saturated heterocycles. The fourth-order valence-electron chi connectivity index (χ4n) is 1.74. The largest absolute Gasteiger partial charge is 0.397 e. The van der Waals surface area contributed by atoms with E-state index in [-0.39, 0.29) is 4.90 Å². The number of nitrogens with two attached hydrogens (primary N) is 1. The van der Waals surface area contributed by atoms with E-state index in [1.165, 1.54) is 24.5 Å². The SMILES string of the molecule is CN(C)S(=O)(=O)c1ccc(N)c(NCCc2nccs2)c1. The van der Waals surface area contributed by atoms with Gasteiger partial charge in [0, 0.05) is 38.6 Å². The van der Waals surface area contributed by atoms with Gasteiger partial charge in [0.25, 0.3) is 0 Å². The van der Waals surface area contributed by atoms with Crippen molar-refractivity contribution >= 4 is 32.7 Å². The Morgan fingerprint density at radius 1 is 1.38 bits per heavy atom. The van der Waals surface area contributed by atoms with Gasteiger partial charge in [-0.25, -0.2) is 17.7 Å². The summed E-state index contributed by atoms with van der Waals surface area (Å²) in [6.07, 6.45) is 2.53. The van der Waals surface area contributed by atoms with E-state index in [9.17, 15) is 8.42 Å². The Kier molecular flexibility index (Phi) is 4.81. The van der Waals surface area contributed by atoms with Crippen molar-refractivity contribution in [2.75, 3.05) is 31.7 Å². The fraction of sp³-hybridized carbons (Fsp3) is 0.308. The molecule has 1 aromatic carbocycles. The molecule has 0 fully saturated rings. The molecule has 114 valence electrons. The maximum absolute atomic E-state index is 12.1. The first kappa shape index (κ1) is 15.7. The van der Waals surface area contributed by atoms with Crippen LogP contribution in [0.5, 0.6) is 0 Å². The van der Waals surface area contributed by atoms with E-state index in [0.717, 1.165) is 11.4 Å². The minimum Gasteiger partial charge on any atom is -0.397 e. The van der Waals surface area contributed by atoms with E-state index >= 15 is 0 Å². The highest BCUT2D eigenvalue weighted by atomic mass is 32.2. The molecule has 0 saturated carbocycles. The average Bonchev–Trinajstić information content (AvgIpc) is 2.93. The summed E-state index contributed by atoms with van der Waals surface area (Å²) < 4.78 is 25.4. The van der Waals surface area contributed by atoms with Gasteiger partial charge in [0.15, 0.2) is 0 Å². The molecule has 2 aromatic rings. The standard InChI is InChI=1S/C13H18N4O2S2/c1-17(2)21(18,19)10-3-4-11(14)12(9-10)15-6-5-13-16-7-8-20-13/h3-4,7-9,15H,5-6,14H2,1-2H3. The van der Waals surface area contributed by atoms with E-state index in [2.05, 4.69) is 10.3 Å². The lowest BCUT2D eigenvalue weighted by Crippen LogP contribution is -2.22. The van der Waals surface area contributed by atoms with E-state index in [0.29, 0.717) is 17.9 Å². The summed E-state index contributed by atoms with van der Waals surface area (Å²) in [5.41, 5.74) is 7.02. The number of sulfonamides is 1. The van der Waals surface area contributed by atoms with Crippen molar-refractivity contribution < 1.29 is 8.42 Å². The molecular weight excluding hydrogens is 308 g/mol. The Labute approximate surface area is 128 Å². The van der Waals surface area contributed by atoms with Gasteiger partial charge in [0.1, 0.15) is 0 Å². The van der Waals surface area contributed by atoms with Gasteiger partial charge in [0.2, 0.25) is 10.0 Å². The second kappa shape index (κ2) is 6.42. The molecule has 1 heterocycles. The molecule has 0 atom stereocenters. The van der Waals surface area contributed by atoms with Gasteiger partial charge in [-0.3, -0.25) is 0 Å². The Bertz CT molecular complexity index is 697.